The van der Waals surface area contributed by atoms with E-state index in [-0.39, 0.29) is 42.6 Å². The zero-order valence-electron chi connectivity index (χ0n) is 16.7. The molecule has 10 heteroatoms. The second-order valence-electron chi connectivity index (χ2n) is 6.39. The summed E-state index contributed by atoms with van der Waals surface area (Å²) in [5, 5.41) is 2.54. The van der Waals surface area contributed by atoms with Gasteiger partial charge in [-0.1, -0.05) is 23.7 Å². The van der Waals surface area contributed by atoms with Crippen LogP contribution in [-0.2, 0) is 14.8 Å². The fraction of sp³-hybridized carbons (Fsp3) is 0.350. The van der Waals surface area contributed by atoms with Crippen LogP contribution in [0.4, 0.5) is 10.1 Å². The maximum atomic E-state index is 13.3. The van der Waals surface area contributed by atoms with Gasteiger partial charge in [0.25, 0.3) is 0 Å². The number of methoxy groups -OCH3 is 1. The maximum absolute atomic E-state index is 13.3. The second kappa shape index (κ2) is 11.0. The minimum Gasteiger partial charge on any atom is -0.493 e. The fourth-order valence-electron chi connectivity index (χ4n) is 2.69. The molecule has 0 heterocycles. The Hall–Kier alpha value is -2.52. The predicted octanol–water partition coefficient (Wildman–Crippen LogP) is 3.23. The van der Waals surface area contributed by atoms with E-state index in [1.807, 2.05) is 12.1 Å². The Bertz CT molecular complexity index is 971. The molecule has 0 aromatic heterocycles. The number of carbonyl (C=O) groups is 1. The zero-order valence-corrected chi connectivity index (χ0v) is 18.3. The first-order valence-corrected chi connectivity index (χ1v) is 11.4. The lowest BCUT2D eigenvalue weighted by molar-refractivity contribution is -0.121. The van der Waals surface area contributed by atoms with Crippen LogP contribution in [0.25, 0.3) is 0 Å². The van der Waals surface area contributed by atoms with E-state index in [0.29, 0.717) is 18.0 Å². The molecule has 2 aromatic rings. The Morgan fingerprint density at radius 1 is 1.20 bits per heavy atom. The highest BCUT2D eigenvalue weighted by molar-refractivity contribution is 7.92. The summed E-state index contributed by atoms with van der Waals surface area (Å²) < 4.78 is 49.3. The van der Waals surface area contributed by atoms with E-state index in [1.165, 1.54) is 12.1 Å². The number of amides is 1. The van der Waals surface area contributed by atoms with Gasteiger partial charge in [0.1, 0.15) is 12.4 Å². The van der Waals surface area contributed by atoms with Crippen LogP contribution in [0.3, 0.4) is 0 Å². The van der Waals surface area contributed by atoms with Crippen molar-refractivity contribution >= 4 is 33.2 Å². The Balaban J connectivity index is 1.79. The van der Waals surface area contributed by atoms with Crippen LogP contribution in [0, 0.1) is 5.82 Å². The van der Waals surface area contributed by atoms with E-state index in [2.05, 4.69) is 5.32 Å². The number of carbonyl (C=O) groups excluding carboxylic acids is 1. The number of halogens is 2. The van der Waals surface area contributed by atoms with E-state index >= 15 is 0 Å². The van der Waals surface area contributed by atoms with E-state index in [0.717, 1.165) is 16.6 Å². The molecular weight excluding hydrogens is 435 g/mol. The minimum absolute atomic E-state index is 0.0614. The van der Waals surface area contributed by atoms with Gasteiger partial charge in [0.2, 0.25) is 15.9 Å². The minimum atomic E-state index is -3.62. The molecule has 0 atom stereocenters. The first-order valence-electron chi connectivity index (χ1n) is 9.17. The number of para-hydroxylation sites is 2. The highest BCUT2D eigenvalue weighted by Crippen LogP contribution is 2.26. The molecule has 0 unspecified atom stereocenters. The first-order chi connectivity index (χ1) is 14.2. The van der Waals surface area contributed by atoms with Gasteiger partial charge in [0.05, 0.1) is 30.6 Å². The molecule has 30 heavy (non-hydrogen) atoms. The highest BCUT2D eigenvalue weighted by atomic mass is 35.5. The van der Waals surface area contributed by atoms with Crippen molar-refractivity contribution in [3.05, 3.63) is 53.3 Å². The molecule has 7 nitrogen and oxygen atoms in total. The molecule has 164 valence electrons. The molecule has 0 spiro atoms. The molecule has 1 amide bonds. The molecule has 0 aliphatic carbocycles. The maximum Gasteiger partial charge on any atom is 0.232 e. The molecule has 2 aromatic carbocycles. The van der Waals surface area contributed by atoms with Crippen LogP contribution in [0.5, 0.6) is 11.5 Å². The summed E-state index contributed by atoms with van der Waals surface area (Å²) in [4.78, 5) is 12.0. The number of nitrogens with zero attached hydrogens (tertiary/aromatic N) is 1. The van der Waals surface area contributed by atoms with Crippen LogP contribution < -0.4 is 19.1 Å². The Morgan fingerprint density at radius 2 is 1.90 bits per heavy atom. The largest absolute Gasteiger partial charge is 0.493 e. The Morgan fingerprint density at radius 3 is 2.53 bits per heavy atom. The molecule has 0 aliphatic heterocycles. The molecule has 1 N–H and O–H groups in total. The van der Waals surface area contributed by atoms with E-state index < -0.39 is 15.8 Å². The van der Waals surface area contributed by atoms with Crippen molar-refractivity contribution in [1.82, 2.24) is 5.32 Å². The SMILES string of the molecule is COc1ccccc1OCCNC(=O)CCCN(c1ccc(F)c(Cl)c1)S(C)(=O)=O. The number of sulfonamides is 1. The highest BCUT2D eigenvalue weighted by Gasteiger charge is 2.18. The van der Waals surface area contributed by atoms with Crippen molar-refractivity contribution in [1.29, 1.82) is 0 Å². The third kappa shape index (κ3) is 7.07. The molecule has 0 aliphatic rings. The summed E-state index contributed by atoms with van der Waals surface area (Å²) in [6, 6.07) is 10.9. The lowest BCUT2D eigenvalue weighted by Gasteiger charge is -2.22. The second-order valence-corrected chi connectivity index (χ2v) is 8.70. The summed E-state index contributed by atoms with van der Waals surface area (Å²) in [5.74, 6) is 0.314. The summed E-state index contributed by atoms with van der Waals surface area (Å²) >= 11 is 5.75. The molecule has 0 saturated heterocycles. The molecule has 2 rings (SSSR count). The third-order valence-corrected chi connectivity index (χ3v) is 5.59. The number of benzene rings is 2. The van der Waals surface area contributed by atoms with Crippen LogP contribution in [0.1, 0.15) is 12.8 Å². The van der Waals surface area contributed by atoms with E-state index in [9.17, 15) is 17.6 Å². The number of hydrogen-bond donors (Lipinski definition) is 1. The summed E-state index contributed by atoms with van der Waals surface area (Å²) in [6.45, 7) is 0.613. The lowest BCUT2D eigenvalue weighted by atomic mass is 10.2. The van der Waals surface area contributed by atoms with E-state index in [1.54, 1.807) is 19.2 Å². The van der Waals surface area contributed by atoms with Gasteiger partial charge in [-0.3, -0.25) is 9.10 Å². The van der Waals surface area contributed by atoms with Crippen molar-refractivity contribution in [2.45, 2.75) is 12.8 Å². The Kier molecular flexibility index (Phi) is 8.73. The van der Waals surface area contributed by atoms with Crippen LogP contribution >= 0.6 is 11.6 Å². The smallest absolute Gasteiger partial charge is 0.232 e. The summed E-state index contributed by atoms with van der Waals surface area (Å²) in [5.41, 5.74) is 0.245. The van der Waals surface area contributed by atoms with Crippen LogP contribution in [0.15, 0.2) is 42.5 Å². The van der Waals surface area contributed by atoms with Gasteiger partial charge in [-0.25, -0.2) is 12.8 Å². The number of rotatable bonds is 11. The number of ether oxygens (including phenoxy) is 2. The molecule has 0 bridgehead atoms. The van der Waals surface area contributed by atoms with Crippen molar-refractivity contribution in [2.24, 2.45) is 0 Å². The van der Waals surface area contributed by atoms with Crippen LogP contribution in [-0.4, -0.2) is 47.4 Å². The standard InChI is InChI=1S/C20H24ClFN2O5S/c1-28-18-6-3-4-7-19(18)29-13-11-23-20(25)8-5-12-24(30(2,26)27)15-9-10-17(22)16(21)14-15/h3-4,6-7,9-10,14H,5,8,11-13H2,1-2H3,(H,23,25). The van der Waals surface area contributed by atoms with Gasteiger partial charge in [-0.05, 0) is 36.8 Å². The Labute approximate surface area is 180 Å². The lowest BCUT2D eigenvalue weighted by Crippen LogP contribution is -2.33. The predicted molar refractivity (Wildman–Crippen MR) is 114 cm³/mol. The molecule has 0 saturated carbocycles. The van der Waals surface area contributed by atoms with Crippen LogP contribution in [0.2, 0.25) is 5.02 Å². The number of hydrogen-bond acceptors (Lipinski definition) is 5. The number of anilines is 1. The third-order valence-electron chi connectivity index (χ3n) is 4.11. The van der Waals surface area contributed by atoms with Gasteiger partial charge in [-0.15, -0.1) is 0 Å². The summed E-state index contributed by atoms with van der Waals surface area (Å²) in [6.07, 6.45) is 1.44. The van der Waals surface area contributed by atoms with Gasteiger partial charge in [-0.2, -0.15) is 0 Å². The van der Waals surface area contributed by atoms with Crippen molar-refractivity contribution in [2.75, 3.05) is 37.4 Å². The monoisotopic (exact) mass is 458 g/mol. The van der Waals surface area contributed by atoms with Gasteiger partial charge < -0.3 is 14.8 Å². The topological polar surface area (TPSA) is 84.9 Å². The van der Waals surface area contributed by atoms with E-state index in [4.69, 9.17) is 21.1 Å². The fourth-order valence-corrected chi connectivity index (χ4v) is 3.82. The van der Waals surface area contributed by atoms with Gasteiger partial charge >= 0.3 is 0 Å². The quantitative estimate of drug-likeness (QED) is 0.522. The van der Waals surface area contributed by atoms with Crippen molar-refractivity contribution < 1.29 is 27.1 Å². The molecular formula is C20H24ClFN2O5S. The normalized spacial score (nSPS) is 11.1. The summed E-state index contributed by atoms with van der Waals surface area (Å²) in [7, 11) is -2.07. The zero-order chi connectivity index (χ0) is 22.1. The molecule has 0 fully saturated rings. The van der Waals surface area contributed by atoms with Gasteiger partial charge in [0, 0.05) is 13.0 Å². The number of nitrogens with one attached hydrogen (secondary N) is 1. The first kappa shape index (κ1) is 23.8. The van der Waals surface area contributed by atoms with Crippen molar-refractivity contribution in [3.63, 3.8) is 0 Å². The van der Waals surface area contributed by atoms with Gasteiger partial charge in [0.15, 0.2) is 11.5 Å². The average molecular weight is 459 g/mol. The van der Waals surface area contributed by atoms with Crippen molar-refractivity contribution in [3.8, 4) is 11.5 Å². The average Bonchev–Trinajstić information content (AvgIpc) is 2.70. The molecule has 0 radical (unpaired) electrons.